The summed E-state index contributed by atoms with van der Waals surface area (Å²) in [4.78, 5) is 25.1. The van der Waals surface area contributed by atoms with Gasteiger partial charge >= 0.3 is 5.97 Å². The normalized spacial score (nSPS) is 10.3. The summed E-state index contributed by atoms with van der Waals surface area (Å²) in [6.07, 6.45) is 1.58. The van der Waals surface area contributed by atoms with E-state index in [1.54, 1.807) is 54.8 Å². The first-order valence-electron chi connectivity index (χ1n) is 8.90. The molecule has 2 aromatic carbocycles. The standard InChI is InChI=1S/C22H21NO6/c1-26-15-9-10-21(27-2)18(12-15)20(24)14-29-22(25)17-7-3-4-8-19(17)23-13-16-6-5-11-28-16/h3-12,23H,13-14H2,1-2H3. The lowest BCUT2D eigenvalue weighted by molar-refractivity contribution is 0.0475. The van der Waals surface area contributed by atoms with Crippen LogP contribution in [-0.2, 0) is 11.3 Å². The van der Waals surface area contributed by atoms with Gasteiger partial charge in [-0.2, -0.15) is 0 Å². The van der Waals surface area contributed by atoms with Crippen molar-refractivity contribution in [2.24, 2.45) is 0 Å². The van der Waals surface area contributed by atoms with Crippen LogP contribution in [-0.4, -0.2) is 32.6 Å². The number of rotatable bonds is 9. The maximum atomic E-state index is 12.6. The Hall–Kier alpha value is -3.74. The summed E-state index contributed by atoms with van der Waals surface area (Å²) in [6, 6.07) is 15.4. The van der Waals surface area contributed by atoms with Crippen molar-refractivity contribution in [3.05, 3.63) is 77.7 Å². The molecule has 0 atom stereocenters. The van der Waals surface area contributed by atoms with E-state index >= 15 is 0 Å². The Morgan fingerprint density at radius 1 is 0.966 bits per heavy atom. The molecule has 150 valence electrons. The molecule has 3 aromatic rings. The summed E-state index contributed by atoms with van der Waals surface area (Å²) in [5.74, 6) is 0.617. The van der Waals surface area contributed by atoms with E-state index in [1.165, 1.54) is 14.2 Å². The molecule has 0 saturated carbocycles. The molecule has 0 radical (unpaired) electrons. The molecular formula is C22H21NO6. The summed E-state index contributed by atoms with van der Waals surface area (Å²) in [7, 11) is 2.97. The quantitative estimate of drug-likeness (QED) is 0.434. The van der Waals surface area contributed by atoms with Crippen molar-refractivity contribution in [2.75, 3.05) is 26.1 Å². The second-order valence-electron chi connectivity index (χ2n) is 6.04. The van der Waals surface area contributed by atoms with Crippen LogP contribution in [0.2, 0.25) is 0 Å². The highest BCUT2D eigenvalue weighted by Gasteiger charge is 2.18. The molecule has 0 aliphatic carbocycles. The zero-order chi connectivity index (χ0) is 20.6. The number of furan rings is 1. The molecular weight excluding hydrogens is 374 g/mol. The number of nitrogens with one attached hydrogen (secondary N) is 1. The van der Waals surface area contributed by atoms with Gasteiger partial charge in [-0.25, -0.2) is 4.79 Å². The van der Waals surface area contributed by atoms with Crippen LogP contribution in [0.5, 0.6) is 11.5 Å². The topological polar surface area (TPSA) is 87.0 Å². The van der Waals surface area contributed by atoms with Gasteiger partial charge in [0, 0.05) is 5.69 Å². The SMILES string of the molecule is COc1ccc(OC)c(C(=O)COC(=O)c2ccccc2NCc2ccco2)c1. The number of para-hydroxylation sites is 1. The molecule has 1 aromatic heterocycles. The summed E-state index contributed by atoms with van der Waals surface area (Å²) < 4.78 is 20.9. The third-order valence-corrected chi connectivity index (χ3v) is 4.22. The maximum Gasteiger partial charge on any atom is 0.340 e. The van der Waals surface area contributed by atoms with Crippen LogP contribution in [0.3, 0.4) is 0 Å². The Balaban J connectivity index is 1.67. The van der Waals surface area contributed by atoms with Gasteiger partial charge in [-0.1, -0.05) is 12.1 Å². The van der Waals surface area contributed by atoms with Gasteiger partial charge in [0.1, 0.15) is 17.3 Å². The molecule has 0 aliphatic heterocycles. The van der Waals surface area contributed by atoms with Gasteiger partial charge in [0.25, 0.3) is 0 Å². The predicted molar refractivity (Wildman–Crippen MR) is 107 cm³/mol. The van der Waals surface area contributed by atoms with E-state index in [-0.39, 0.29) is 5.56 Å². The number of ether oxygens (including phenoxy) is 3. The van der Waals surface area contributed by atoms with Crippen molar-refractivity contribution in [3.63, 3.8) is 0 Å². The van der Waals surface area contributed by atoms with E-state index in [2.05, 4.69) is 5.32 Å². The lowest BCUT2D eigenvalue weighted by Gasteiger charge is -2.12. The van der Waals surface area contributed by atoms with Crippen LogP contribution in [0.4, 0.5) is 5.69 Å². The van der Waals surface area contributed by atoms with Crippen molar-refractivity contribution in [1.82, 2.24) is 0 Å². The predicted octanol–water partition coefficient (Wildman–Crippen LogP) is 3.95. The Morgan fingerprint density at radius 2 is 1.79 bits per heavy atom. The number of hydrogen-bond acceptors (Lipinski definition) is 7. The first-order chi connectivity index (χ1) is 14.1. The van der Waals surface area contributed by atoms with Crippen molar-refractivity contribution in [2.45, 2.75) is 6.54 Å². The van der Waals surface area contributed by atoms with Crippen molar-refractivity contribution < 1.29 is 28.2 Å². The van der Waals surface area contributed by atoms with Crippen LogP contribution >= 0.6 is 0 Å². The van der Waals surface area contributed by atoms with Crippen LogP contribution in [0.15, 0.2) is 65.3 Å². The number of carbonyl (C=O) groups excluding carboxylic acids is 2. The minimum atomic E-state index is -0.609. The number of esters is 1. The molecule has 0 spiro atoms. The number of carbonyl (C=O) groups is 2. The van der Waals surface area contributed by atoms with Gasteiger partial charge in [0.05, 0.1) is 38.2 Å². The maximum absolute atomic E-state index is 12.6. The second kappa shape index (κ2) is 9.45. The average Bonchev–Trinajstić information content (AvgIpc) is 3.29. The number of ketones is 1. The molecule has 0 fully saturated rings. The largest absolute Gasteiger partial charge is 0.497 e. The summed E-state index contributed by atoms with van der Waals surface area (Å²) >= 11 is 0. The van der Waals surface area contributed by atoms with E-state index in [0.717, 1.165) is 5.76 Å². The van der Waals surface area contributed by atoms with Gasteiger partial charge in [0.15, 0.2) is 6.61 Å². The summed E-state index contributed by atoms with van der Waals surface area (Å²) in [6.45, 7) is -0.00783. The second-order valence-corrected chi connectivity index (χ2v) is 6.04. The number of hydrogen-bond donors (Lipinski definition) is 1. The first kappa shape index (κ1) is 20.0. The molecule has 0 aliphatic rings. The number of benzene rings is 2. The monoisotopic (exact) mass is 395 g/mol. The summed E-state index contributed by atoms with van der Waals surface area (Å²) in [5.41, 5.74) is 1.19. The zero-order valence-corrected chi connectivity index (χ0v) is 16.1. The first-order valence-corrected chi connectivity index (χ1v) is 8.90. The molecule has 7 heteroatoms. The van der Waals surface area contributed by atoms with Gasteiger partial charge in [-0.05, 0) is 42.5 Å². The van der Waals surface area contributed by atoms with Crippen LogP contribution in [0.1, 0.15) is 26.5 Å². The minimum absolute atomic E-state index is 0.281. The van der Waals surface area contributed by atoms with Gasteiger partial charge < -0.3 is 23.9 Å². The fourth-order valence-corrected chi connectivity index (χ4v) is 2.73. The van der Waals surface area contributed by atoms with E-state index in [4.69, 9.17) is 18.6 Å². The average molecular weight is 395 g/mol. The lowest BCUT2D eigenvalue weighted by atomic mass is 10.1. The molecule has 3 rings (SSSR count). The summed E-state index contributed by atoms with van der Waals surface area (Å²) in [5, 5.41) is 3.13. The fraction of sp³-hybridized carbons (Fsp3) is 0.182. The molecule has 0 amide bonds. The molecule has 0 saturated heterocycles. The van der Waals surface area contributed by atoms with E-state index in [9.17, 15) is 9.59 Å². The molecule has 29 heavy (non-hydrogen) atoms. The van der Waals surface area contributed by atoms with Gasteiger partial charge in [-0.15, -0.1) is 0 Å². The van der Waals surface area contributed by atoms with E-state index in [0.29, 0.717) is 29.3 Å². The molecule has 1 heterocycles. The third-order valence-electron chi connectivity index (χ3n) is 4.22. The van der Waals surface area contributed by atoms with Crippen molar-refractivity contribution >= 4 is 17.4 Å². The van der Waals surface area contributed by atoms with Crippen LogP contribution < -0.4 is 14.8 Å². The minimum Gasteiger partial charge on any atom is -0.497 e. The highest BCUT2D eigenvalue weighted by Crippen LogP contribution is 2.25. The molecule has 7 nitrogen and oxygen atoms in total. The fourth-order valence-electron chi connectivity index (χ4n) is 2.73. The van der Waals surface area contributed by atoms with Crippen molar-refractivity contribution in [3.8, 4) is 11.5 Å². The number of Topliss-reactive ketones (excluding diaryl/α,β-unsaturated/α-hetero) is 1. The Kier molecular flexibility index (Phi) is 6.52. The van der Waals surface area contributed by atoms with Gasteiger partial charge in [-0.3, -0.25) is 4.79 Å². The smallest absolute Gasteiger partial charge is 0.340 e. The number of methoxy groups -OCH3 is 2. The number of anilines is 1. The van der Waals surface area contributed by atoms with Crippen LogP contribution in [0.25, 0.3) is 0 Å². The molecule has 0 bridgehead atoms. The Bertz CT molecular complexity index is 981. The Morgan fingerprint density at radius 3 is 2.52 bits per heavy atom. The third kappa shape index (κ3) is 4.95. The molecule has 1 N–H and O–H groups in total. The molecule has 0 unspecified atom stereocenters. The van der Waals surface area contributed by atoms with Gasteiger partial charge in [0.2, 0.25) is 5.78 Å². The zero-order valence-electron chi connectivity index (χ0n) is 16.1. The lowest BCUT2D eigenvalue weighted by Crippen LogP contribution is -2.16. The van der Waals surface area contributed by atoms with Crippen LogP contribution in [0, 0.1) is 0 Å². The van der Waals surface area contributed by atoms with Crippen molar-refractivity contribution in [1.29, 1.82) is 0 Å². The van der Waals surface area contributed by atoms with E-state index < -0.39 is 18.4 Å². The van der Waals surface area contributed by atoms with E-state index in [1.807, 2.05) is 6.07 Å². The highest BCUT2D eigenvalue weighted by molar-refractivity contribution is 6.02. The Labute approximate surface area is 168 Å². The highest BCUT2D eigenvalue weighted by atomic mass is 16.5.